The van der Waals surface area contributed by atoms with Gasteiger partial charge in [-0.2, -0.15) is 0 Å². The van der Waals surface area contributed by atoms with Crippen molar-refractivity contribution < 1.29 is 24.5 Å². The summed E-state index contributed by atoms with van der Waals surface area (Å²) in [5, 5.41) is 21.3. The molecule has 0 radical (unpaired) electrons. The monoisotopic (exact) mass is 293 g/mol. The van der Waals surface area contributed by atoms with Crippen LogP contribution in [0, 0.1) is 6.92 Å². The maximum Gasteiger partial charge on any atom is 0.329 e. The van der Waals surface area contributed by atoms with Crippen molar-refractivity contribution in [1.82, 2.24) is 5.32 Å². The highest BCUT2D eigenvalue weighted by atomic mass is 16.5. The van der Waals surface area contributed by atoms with Crippen LogP contribution in [0.25, 0.3) is 0 Å². The number of para-hydroxylation sites is 1. The van der Waals surface area contributed by atoms with E-state index in [2.05, 4.69) is 5.32 Å². The molecule has 1 aliphatic carbocycles. The van der Waals surface area contributed by atoms with Crippen LogP contribution in [0.15, 0.2) is 24.3 Å². The third kappa shape index (κ3) is 3.33. The smallest absolute Gasteiger partial charge is 0.329 e. The van der Waals surface area contributed by atoms with E-state index < -0.39 is 23.5 Å². The van der Waals surface area contributed by atoms with Crippen LogP contribution < -0.4 is 10.1 Å². The zero-order chi connectivity index (χ0) is 15.5. The van der Waals surface area contributed by atoms with Gasteiger partial charge in [0.1, 0.15) is 17.9 Å². The van der Waals surface area contributed by atoms with Crippen molar-refractivity contribution >= 4 is 11.9 Å². The molecule has 1 saturated carbocycles. The molecule has 0 heterocycles. The first-order valence-electron chi connectivity index (χ1n) is 6.86. The first-order chi connectivity index (χ1) is 9.94. The lowest BCUT2D eigenvalue weighted by atomic mass is 9.76. The number of aryl methyl sites for hydroxylation is 1. The molecule has 1 atom stereocenters. The van der Waals surface area contributed by atoms with Crippen molar-refractivity contribution in [2.45, 2.75) is 37.8 Å². The average molecular weight is 293 g/mol. The highest BCUT2D eigenvalue weighted by Crippen LogP contribution is 2.32. The topological polar surface area (TPSA) is 95.9 Å². The Kier molecular flexibility index (Phi) is 4.47. The third-order valence-corrected chi connectivity index (χ3v) is 3.77. The number of aliphatic hydroxyl groups excluding tert-OH is 1. The lowest BCUT2D eigenvalue weighted by molar-refractivity contribution is -0.153. The standard InChI is InChI=1S/C15H19NO5/c1-10-5-2-3-6-12(10)21-9-11(17)13(18)16-15(14(19)20)7-4-8-15/h2-3,5-6,11,17H,4,7-9H2,1H3,(H,16,18)(H,19,20). The first kappa shape index (κ1) is 15.3. The third-order valence-electron chi connectivity index (χ3n) is 3.77. The molecule has 3 N–H and O–H groups in total. The summed E-state index contributed by atoms with van der Waals surface area (Å²) in [7, 11) is 0. The highest BCUT2D eigenvalue weighted by Gasteiger charge is 2.46. The Labute approximate surface area is 122 Å². The van der Waals surface area contributed by atoms with E-state index in [0.717, 1.165) is 12.0 Å². The number of carbonyl (C=O) groups excluding carboxylic acids is 1. The van der Waals surface area contributed by atoms with Gasteiger partial charge in [-0.3, -0.25) is 4.79 Å². The van der Waals surface area contributed by atoms with E-state index in [1.54, 1.807) is 12.1 Å². The SMILES string of the molecule is Cc1ccccc1OCC(O)C(=O)NC1(C(=O)O)CCC1. The van der Waals surface area contributed by atoms with Gasteiger partial charge in [-0.05, 0) is 37.8 Å². The van der Waals surface area contributed by atoms with E-state index in [9.17, 15) is 14.7 Å². The Morgan fingerprint density at radius 1 is 1.38 bits per heavy atom. The zero-order valence-electron chi connectivity index (χ0n) is 11.8. The minimum absolute atomic E-state index is 0.216. The van der Waals surface area contributed by atoms with Crippen LogP contribution in [0.1, 0.15) is 24.8 Å². The lowest BCUT2D eigenvalue weighted by Gasteiger charge is -2.38. The maximum atomic E-state index is 11.9. The summed E-state index contributed by atoms with van der Waals surface area (Å²) in [5.74, 6) is -1.19. The van der Waals surface area contributed by atoms with Crippen molar-refractivity contribution in [2.75, 3.05) is 6.61 Å². The molecule has 0 aromatic heterocycles. The Bertz CT molecular complexity index is 539. The van der Waals surface area contributed by atoms with Gasteiger partial charge in [0, 0.05) is 0 Å². The molecule has 2 rings (SSSR count). The van der Waals surface area contributed by atoms with Crippen molar-refractivity contribution in [2.24, 2.45) is 0 Å². The second-order valence-electron chi connectivity index (χ2n) is 5.32. The Hall–Kier alpha value is -2.08. The number of hydrogen-bond donors (Lipinski definition) is 3. The first-order valence-corrected chi connectivity index (χ1v) is 6.86. The molecule has 114 valence electrons. The molecular formula is C15H19NO5. The van der Waals surface area contributed by atoms with E-state index >= 15 is 0 Å². The summed E-state index contributed by atoms with van der Waals surface area (Å²) in [6, 6.07) is 7.25. The predicted octanol–water partition coefficient (Wildman–Crippen LogP) is 0.858. The van der Waals surface area contributed by atoms with Gasteiger partial charge in [-0.15, -0.1) is 0 Å². The fourth-order valence-corrected chi connectivity index (χ4v) is 2.20. The van der Waals surface area contributed by atoms with Crippen LogP contribution in [0.4, 0.5) is 0 Å². The number of aliphatic carboxylic acids is 1. The molecule has 0 aliphatic heterocycles. The quantitative estimate of drug-likeness (QED) is 0.723. The van der Waals surface area contributed by atoms with Gasteiger partial charge >= 0.3 is 5.97 Å². The van der Waals surface area contributed by atoms with Gasteiger partial charge in [0.15, 0.2) is 6.10 Å². The number of carboxylic acid groups (broad SMARTS) is 1. The number of benzene rings is 1. The summed E-state index contributed by atoms with van der Waals surface area (Å²) < 4.78 is 5.39. The Balaban J connectivity index is 1.88. The van der Waals surface area contributed by atoms with E-state index in [-0.39, 0.29) is 6.61 Å². The zero-order valence-corrected chi connectivity index (χ0v) is 11.8. The van der Waals surface area contributed by atoms with E-state index in [1.807, 2.05) is 19.1 Å². The molecule has 6 heteroatoms. The predicted molar refractivity (Wildman–Crippen MR) is 75.0 cm³/mol. The summed E-state index contributed by atoms with van der Waals surface area (Å²) in [5.41, 5.74) is -0.327. The lowest BCUT2D eigenvalue weighted by Crippen LogP contribution is -2.61. The van der Waals surface area contributed by atoms with E-state index in [0.29, 0.717) is 18.6 Å². The van der Waals surface area contributed by atoms with E-state index in [4.69, 9.17) is 9.84 Å². The van der Waals surface area contributed by atoms with Crippen LogP contribution in [-0.4, -0.2) is 40.3 Å². The van der Waals surface area contributed by atoms with Crippen LogP contribution in [0.5, 0.6) is 5.75 Å². The summed E-state index contributed by atoms with van der Waals surface area (Å²) >= 11 is 0. The molecule has 1 aromatic rings. The fourth-order valence-electron chi connectivity index (χ4n) is 2.20. The number of carboxylic acids is 1. The molecule has 0 saturated heterocycles. The number of nitrogens with one attached hydrogen (secondary N) is 1. The Morgan fingerprint density at radius 2 is 2.05 bits per heavy atom. The number of carbonyl (C=O) groups is 2. The molecule has 1 fully saturated rings. The molecule has 1 unspecified atom stereocenters. The minimum Gasteiger partial charge on any atom is -0.490 e. The fraction of sp³-hybridized carbons (Fsp3) is 0.467. The van der Waals surface area contributed by atoms with Crippen LogP contribution >= 0.6 is 0 Å². The number of hydrogen-bond acceptors (Lipinski definition) is 4. The van der Waals surface area contributed by atoms with Gasteiger partial charge in [0.05, 0.1) is 0 Å². The van der Waals surface area contributed by atoms with Gasteiger partial charge in [-0.1, -0.05) is 18.2 Å². The number of ether oxygens (including phenoxy) is 1. The van der Waals surface area contributed by atoms with Crippen LogP contribution in [0.2, 0.25) is 0 Å². The van der Waals surface area contributed by atoms with Crippen LogP contribution in [0.3, 0.4) is 0 Å². The second kappa shape index (κ2) is 6.13. The van der Waals surface area contributed by atoms with Crippen molar-refractivity contribution in [3.05, 3.63) is 29.8 Å². The summed E-state index contributed by atoms with van der Waals surface area (Å²) in [6.07, 6.45) is 0.128. The molecule has 21 heavy (non-hydrogen) atoms. The number of amides is 1. The number of aliphatic hydroxyl groups is 1. The molecule has 1 aromatic carbocycles. The molecular weight excluding hydrogens is 274 g/mol. The molecule has 0 spiro atoms. The largest absolute Gasteiger partial charge is 0.490 e. The van der Waals surface area contributed by atoms with Crippen molar-refractivity contribution in [3.8, 4) is 5.75 Å². The van der Waals surface area contributed by atoms with Crippen molar-refractivity contribution in [3.63, 3.8) is 0 Å². The maximum absolute atomic E-state index is 11.9. The van der Waals surface area contributed by atoms with E-state index in [1.165, 1.54) is 0 Å². The van der Waals surface area contributed by atoms with Gasteiger partial charge in [0.25, 0.3) is 5.91 Å². The number of rotatable bonds is 6. The summed E-state index contributed by atoms with van der Waals surface area (Å²) in [6.45, 7) is 1.64. The summed E-state index contributed by atoms with van der Waals surface area (Å²) in [4.78, 5) is 23.0. The van der Waals surface area contributed by atoms with Gasteiger partial charge < -0.3 is 20.3 Å². The van der Waals surface area contributed by atoms with Crippen LogP contribution in [-0.2, 0) is 9.59 Å². The Morgan fingerprint density at radius 3 is 2.57 bits per heavy atom. The molecule has 1 amide bonds. The molecule has 0 bridgehead atoms. The highest BCUT2D eigenvalue weighted by molar-refractivity contribution is 5.89. The van der Waals surface area contributed by atoms with Gasteiger partial charge in [-0.25, -0.2) is 4.79 Å². The molecule has 1 aliphatic rings. The van der Waals surface area contributed by atoms with Gasteiger partial charge in [0.2, 0.25) is 0 Å². The van der Waals surface area contributed by atoms with Crippen molar-refractivity contribution in [1.29, 1.82) is 0 Å². The normalized spacial score (nSPS) is 17.4. The average Bonchev–Trinajstić information content (AvgIpc) is 2.40. The minimum atomic E-state index is -1.40. The second-order valence-corrected chi connectivity index (χ2v) is 5.32. The molecule has 6 nitrogen and oxygen atoms in total.